The van der Waals surface area contributed by atoms with Gasteiger partial charge >= 0.3 is 0 Å². The summed E-state index contributed by atoms with van der Waals surface area (Å²) >= 11 is 3.26. The van der Waals surface area contributed by atoms with Crippen LogP contribution < -0.4 is 5.73 Å². The first-order valence-electron chi connectivity index (χ1n) is 7.45. The molecule has 2 nitrogen and oxygen atoms in total. The fourth-order valence-electron chi connectivity index (χ4n) is 2.53. The van der Waals surface area contributed by atoms with E-state index >= 15 is 0 Å². The van der Waals surface area contributed by atoms with E-state index in [1.807, 2.05) is 37.3 Å². The summed E-state index contributed by atoms with van der Waals surface area (Å²) in [4.78, 5) is 11.0. The highest BCUT2D eigenvalue weighted by Gasteiger charge is 2.20. The minimum absolute atomic E-state index is 0.251. The molecule has 0 bridgehead atoms. The quantitative estimate of drug-likeness (QED) is 0.764. The van der Waals surface area contributed by atoms with Crippen molar-refractivity contribution < 1.29 is 9.18 Å². The van der Waals surface area contributed by atoms with Gasteiger partial charge in [0.05, 0.1) is 0 Å². The third-order valence-corrected chi connectivity index (χ3v) is 4.31. The summed E-state index contributed by atoms with van der Waals surface area (Å²) in [6, 6.07) is 12.8. The Morgan fingerprint density at radius 1 is 1.26 bits per heavy atom. The molecule has 0 saturated carbocycles. The molecule has 2 N–H and O–H groups in total. The van der Waals surface area contributed by atoms with E-state index in [4.69, 9.17) is 5.73 Å². The molecule has 0 spiro atoms. The molecule has 4 heteroatoms. The number of amides is 1. The summed E-state index contributed by atoms with van der Waals surface area (Å²) in [7, 11) is 0. The van der Waals surface area contributed by atoms with Gasteiger partial charge in [-0.15, -0.1) is 0 Å². The monoisotopic (exact) mass is 376 g/mol. The molecule has 1 radical (unpaired) electrons. The first kappa shape index (κ1) is 17.7. The number of benzene rings is 2. The molecule has 1 amide bonds. The van der Waals surface area contributed by atoms with Crippen LogP contribution in [0, 0.1) is 18.2 Å². The summed E-state index contributed by atoms with van der Waals surface area (Å²) < 4.78 is 14.7. The van der Waals surface area contributed by atoms with Gasteiger partial charge in [0, 0.05) is 16.5 Å². The Labute approximate surface area is 145 Å². The molecule has 0 aromatic heterocycles. The van der Waals surface area contributed by atoms with E-state index < -0.39 is 0 Å². The molecular formula is C19H20BrFNO. The lowest BCUT2D eigenvalue weighted by Gasteiger charge is -2.22. The number of nitrogens with two attached hydrogens (primary N) is 1. The maximum Gasteiger partial charge on any atom is 0.217 e. The van der Waals surface area contributed by atoms with Gasteiger partial charge in [0.1, 0.15) is 5.82 Å². The van der Waals surface area contributed by atoms with Crippen LogP contribution in [-0.2, 0) is 11.2 Å². The number of hydrogen-bond acceptors (Lipinski definition) is 1. The van der Waals surface area contributed by atoms with Crippen LogP contribution in [0.1, 0.15) is 25.3 Å². The Bertz CT molecular complexity index is 695. The van der Waals surface area contributed by atoms with Gasteiger partial charge in [0.2, 0.25) is 5.91 Å². The number of aryl methyl sites for hydroxylation is 1. The van der Waals surface area contributed by atoms with Gasteiger partial charge in [0.25, 0.3) is 0 Å². The molecule has 2 rings (SSSR count). The second-order valence-electron chi connectivity index (χ2n) is 6.27. The van der Waals surface area contributed by atoms with E-state index in [1.54, 1.807) is 6.07 Å². The normalized spacial score (nSPS) is 11.5. The summed E-state index contributed by atoms with van der Waals surface area (Å²) in [5, 5.41) is 0. The predicted octanol–water partition coefficient (Wildman–Crippen LogP) is 4.90. The molecular weight excluding hydrogens is 357 g/mol. The van der Waals surface area contributed by atoms with E-state index in [9.17, 15) is 9.18 Å². The molecule has 0 aliphatic carbocycles. The van der Waals surface area contributed by atoms with E-state index in [-0.39, 0.29) is 23.6 Å². The molecule has 2 aromatic carbocycles. The van der Waals surface area contributed by atoms with E-state index in [2.05, 4.69) is 22.9 Å². The van der Waals surface area contributed by atoms with Crippen LogP contribution in [0.25, 0.3) is 11.1 Å². The Morgan fingerprint density at radius 3 is 2.48 bits per heavy atom. The fourth-order valence-corrected chi connectivity index (χ4v) is 2.86. The van der Waals surface area contributed by atoms with Gasteiger partial charge in [-0.2, -0.15) is 0 Å². The first-order chi connectivity index (χ1) is 10.8. The average Bonchev–Trinajstić information content (AvgIpc) is 2.45. The standard InChI is InChI=1S/C19H20BrFNO/c1-19(2,12-18(22)23)10-9-13-3-5-14(6-4-13)16-8-7-15(20)11-17(16)21/h3-8,11H,1,9-10,12H2,2H3,(H2,22,23). The topological polar surface area (TPSA) is 43.1 Å². The lowest BCUT2D eigenvalue weighted by atomic mass is 9.83. The Kier molecular flexibility index (Phi) is 5.58. The number of primary amides is 1. The predicted molar refractivity (Wildman–Crippen MR) is 95.1 cm³/mol. The van der Waals surface area contributed by atoms with Crippen molar-refractivity contribution in [2.45, 2.75) is 26.2 Å². The third-order valence-electron chi connectivity index (χ3n) is 3.81. The minimum atomic E-state index is -0.359. The second kappa shape index (κ2) is 7.26. The molecule has 1 unspecified atom stereocenters. The van der Waals surface area contributed by atoms with Crippen LogP contribution in [0.2, 0.25) is 0 Å². The van der Waals surface area contributed by atoms with Crippen molar-refractivity contribution in [3.05, 3.63) is 65.2 Å². The van der Waals surface area contributed by atoms with Crippen LogP contribution in [0.15, 0.2) is 46.9 Å². The van der Waals surface area contributed by atoms with Crippen LogP contribution in [0.3, 0.4) is 0 Å². The number of carbonyl (C=O) groups excluding carboxylic acids is 1. The van der Waals surface area contributed by atoms with Crippen LogP contribution in [0.4, 0.5) is 4.39 Å². The van der Waals surface area contributed by atoms with E-state index in [1.165, 1.54) is 6.07 Å². The molecule has 1 atom stereocenters. The smallest absolute Gasteiger partial charge is 0.217 e. The first-order valence-corrected chi connectivity index (χ1v) is 8.24. The van der Waals surface area contributed by atoms with Crippen molar-refractivity contribution in [1.29, 1.82) is 0 Å². The van der Waals surface area contributed by atoms with Gasteiger partial charge in [-0.1, -0.05) is 53.2 Å². The number of halogens is 2. The van der Waals surface area contributed by atoms with Gasteiger partial charge in [-0.25, -0.2) is 4.39 Å². The van der Waals surface area contributed by atoms with Crippen molar-refractivity contribution in [2.24, 2.45) is 11.1 Å². The van der Waals surface area contributed by atoms with Crippen molar-refractivity contribution in [1.82, 2.24) is 0 Å². The highest BCUT2D eigenvalue weighted by molar-refractivity contribution is 9.10. The number of carbonyl (C=O) groups is 1. The van der Waals surface area contributed by atoms with Gasteiger partial charge in [-0.05, 0) is 48.4 Å². The highest BCUT2D eigenvalue weighted by Crippen LogP contribution is 2.28. The Balaban J connectivity index is 2.06. The molecule has 121 valence electrons. The van der Waals surface area contributed by atoms with Crippen LogP contribution in [-0.4, -0.2) is 5.91 Å². The SMILES string of the molecule is [CH2]C(C)(CCc1ccc(-c2ccc(Br)cc2F)cc1)CC(N)=O. The summed E-state index contributed by atoms with van der Waals surface area (Å²) in [6.07, 6.45) is 1.84. The molecule has 23 heavy (non-hydrogen) atoms. The summed E-state index contributed by atoms with van der Waals surface area (Å²) in [6.45, 7) is 5.99. The highest BCUT2D eigenvalue weighted by atomic mass is 79.9. The molecule has 0 heterocycles. The van der Waals surface area contributed by atoms with Gasteiger partial charge < -0.3 is 5.73 Å². The fraction of sp³-hybridized carbons (Fsp3) is 0.263. The lowest BCUT2D eigenvalue weighted by molar-refractivity contribution is -0.119. The van der Waals surface area contributed by atoms with Crippen LogP contribution in [0.5, 0.6) is 0 Å². The second-order valence-corrected chi connectivity index (χ2v) is 7.19. The average molecular weight is 377 g/mol. The van der Waals surface area contributed by atoms with Gasteiger partial charge in [0.15, 0.2) is 0 Å². The molecule has 0 aliphatic rings. The van der Waals surface area contributed by atoms with E-state index in [0.717, 1.165) is 28.4 Å². The Morgan fingerprint density at radius 2 is 1.91 bits per heavy atom. The summed E-state index contributed by atoms with van der Waals surface area (Å²) in [5.74, 6) is -0.581. The zero-order valence-corrected chi connectivity index (χ0v) is 14.7. The van der Waals surface area contributed by atoms with Crippen LogP contribution >= 0.6 is 15.9 Å². The maximum atomic E-state index is 14.0. The van der Waals surface area contributed by atoms with Crippen molar-refractivity contribution in [3.63, 3.8) is 0 Å². The lowest BCUT2D eigenvalue weighted by Crippen LogP contribution is -2.23. The maximum absolute atomic E-state index is 14.0. The molecule has 0 saturated heterocycles. The van der Waals surface area contributed by atoms with E-state index in [0.29, 0.717) is 5.56 Å². The molecule has 0 fully saturated rings. The van der Waals surface area contributed by atoms with Crippen molar-refractivity contribution in [2.75, 3.05) is 0 Å². The zero-order chi connectivity index (χ0) is 17.0. The Hall–Kier alpha value is -1.68. The zero-order valence-electron chi connectivity index (χ0n) is 13.1. The molecule has 0 aliphatic heterocycles. The van der Waals surface area contributed by atoms with Gasteiger partial charge in [-0.3, -0.25) is 4.79 Å². The third kappa shape index (κ3) is 5.17. The van der Waals surface area contributed by atoms with Crippen molar-refractivity contribution in [3.8, 4) is 11.1 Å². The number of hydrogen-bond donors (Lipinski definition) is 1. The largest absolute Gasteiger partial charge is 0.370 e. The number of rotatable bonds is 6. The van der Waals surface area contributed by atoms with Crippen molar-refractivity contribution >= 4 is 21.8 Å². The minimum Gasteiger partial charge on any atom is -0.370 e. The molecule has 2 aromatic rings. The summed E-state index contributed by atoms with van der Waals surface area (Å²) in [5.41, 5.74) is 7.43.